The molecule has 0 atom stereocenters. The zero-order valence-electron chi connectivity index (χ0n) is 20.1. The molecule has 11 heteroatoms. The van der Waals surface area contributed by atoms with Crippen molar-refractivity contribution in [3.63, 3.8) is 0 Å². The zero-order chi connectivity index (χ0) is 26.5. The first-order valence-electron chi connectivity index (χ1n) is 11.9. The lowest BCUT2D eigenvalue weighted by atomic mass is 10.1. The molecular formula is C27H23F2N5O3S. The Hall–Kier alpha value is -4.25. The van der Waals surface area contributed by atoms with Crippen molar-refractivity contribution >= 4 is 35.0 Å². The van der Waals surface area contributed by atoms with Gasteiger partial charge in [0.2, 0.25) is 11.8 Å². The van der Waals surface area contributed by atoms with E-state index in [9.17, 15) is 18.4 Å². The van der Waals surface area contributed by atoms with Crippen LogP contribution in [0.15, 0.2) is 82.4 Å². The van der Waals surface area contributed by atoms with Crippen LogP contribution in [0.4, 0.5) is 20.2 Å². The van der Waals surface area contributed by atoms with Crippen LogP contribution in [0.2, 0.25) is 0 Å². The third-order valence-corrected chi connectivity index (χ3v) is 6.83. The first-order valence-corrected chi connectivity index (χ1v) is 12.9. The van der Waals surface area contributed by atoms with Crippen molar-refractivity contribution in [3.8, 4) is 11.5 Å². The summed E-state index contributed by atoms with van der Waals surface area (Å²) in [5.74, 6) is -1.08. The molecule has 38 heavy (non-hydrogen) atoms. The van der Waals surface area contributed by atoms with Crippen LogP contribution in [-0.2, 0) is 4.79 Å². The van der Waals surface area contributed by atoms with Gasteiger partial charge in [0, 0.05) is 43.1 Å². The number of amides is 2. The van der Waals surface area contributed by atoms with Gasteiger partial charge in [-0.3, -0.25) is 9.59 Å². The summed E-state index contributed by atoms with van der Waals surface area (Å²) in [6, 6.07) is 19.1. The van der Waals surface area contributed by atoms with E-state index in [0.717, 1.165) is 17.4 Å². The molecule has 2 heterocycles. The molecule has 0 bridgehead atoms. The Morgan fingerprint density at radius 3 is 2.32 bits per heavy atom. The number of benzene rings is 3. The highest BCUT2D eigenvalue weighted by Crippen LogP contribution is 2.24. The summed E-state index contributed by atoms with van der Waals surface area (Å²) in [5.41, 5.74) is 2.29. The Morgan fingerprint density at radius 1 is 0.895 bits per heavy atom. The molecule has 0 unspecified atom stereocenters. The molecule has 1 aliphatic rings. The number of hydrogen-bond acceptors (Lipinski definition) is 7. The number of carbonyl (C=O) groups is 2. The lowest BCUT2D eigenvalue weighted by Crippen LogP contribution is -2.49. The van der Waals surface area contributed by atoms with Crippen molar-refractivity contribution in [2.24, 2.45) is 0 Å². The highest BCUT2D eigenvalue weighted by Gasteiger charge is 2.24. The predicted octanol–water partition coefficient (Wildman–Crippen LogP) is 4.71. The third kappa shape index (κ3) is 6.00. The largest absolute Gasteiger partial charge is 0.411 e. The Morgan fingerprint density at radius 2 is 1.61 bits per heavy atom. The Labute approximate surface area is 221 Å². The van der Waals surface area contributed by atoms with Crippen LogP contribution in [0.3, 0.4) is 0 Å². The van der Waals surface area contributed by atoms with Crippen LogP contribution < -0.4 is 10.2 Å². The Bertz CT molecular complexity index is 1420. The number of rotatable bonds is 7. The van der Waals surface area contributed by atoms with Gasteiger partial charge in [-0.1, -0.05) is 23.9 Å². The summed E-state index contributed by atoms with van der Waals surface area (Å²) in [5, 5.41) is 10.9. The molecule has 0 aliphatic carbocycles. The second kappa shape index (κ2) is 11.4. The second-order valence-electron chi connectivity index (χ2n) is 8.52. The van der Waals surface area contributed by atoms with E-state index < -0.39 is 5.82 Å². The minimum atomic E-state index is -0.511. The van der Waals surface area contributed by atoms with Gasteiger partial charge < -0.3 is 19.5 Å². The molecule has 1 aliphatic heterocycles. The zero-order valence-corrected chi connectivity index (χ0v) is 21.0. The van der Waals surface area contributed by atoms with Gasteiger partial charge in [0.1, 0.15) is 11.6 Å². The molecule has 8 nitrogen and oxygen atoms in total. The average molecular weight is 536 g/mol. The van der Waals surface area contributed by atoms with Gasteiger partial charge in [0.25, 0.3) is 11.1 Å². The molecule has 1 N–H and O–H groups in total. The lowest BCUT2D eigenvalue weighted by Gasteiger charge is -2.36. The van der Waals surface area contributed by atoms with Gasteiger partial charge in [0.15, 0.2) is 0 Å². The first-order chi connectivity index (χ1) is 18.5. The number of carbonyl (C=O) groups excluding carboxylic acids is 2. The van der Waals surface area contributed by atoms with E-state index in [1.54, 1.807) is 29.2 Å². The van der Waals surface area contributed by atoms with E-state index in [1.807, 2.05) is 24.3 Å². The number of nitrogens with zero attached hydrogens (tertiary/aromatic N) is 4. The molecule has 5 rings (SSSR count). The van der Waals surface area contributed by atoms with Gasteiger partial charge in [-0.25, -0.2) is 8.78 Å². The SMILES string of the molecule is O=C(CSc1nnc(-c2ccc(F)cc2)o1)Nc1ccc(N2CCN(C(=O)c3ccccc3F)CC2)cc1. The summed E-state index contributed by atoms with van der Waals surface area (Å²) < 4.78 is 32.6. The summed E-state index contributed by atoms with van der Waals surface area (Å²) >= 11 is 1.10. The average Bonchev–Trinajstić information content (AvgIpc) is 3.42. The van der Waals surface area contributed by atoms with Gasteiger partial charge >= 0.3 is 0 Å². The molecule has 0 spiro atoms. The Balaban J connectivity index is 1.09. The topological polar surface area (TPSA) is 91.6 Å². The number of halogens is 2. The van der Waals surface area contributed by atoms with E-state index in [-0.39, 0.29) is 40.1 Å². The van der Waals surface area contributed by atoms with Gasteiger partial charge in [-0.2, -0.15) is 0 Å². The maximum absolute atomic E-state index is 14.0. The maximum Gasteiger partial charge on any atom is 0.277 e. The molecule has 1 saturated heterocycles. The highest BCUT2D eigenvalue weighted by atomic mass is 32.2. The van der Waals surface area contributed by atoms with Crippen LogP contribution in [0, 0.1) is 11.6 Å². The lowest BCUT2D eigenvalue weighted by molar-refractivity contribution is -0.113. The quantitative estimate of drug-likeness (QED) is 0.343. The summed E-state index contributed by atoms with van der Waals surface area (Å²) in [4.78, 5) is 28.8. The number of nitrogens with one attached hydrogen (secondary N) is 1. The normalized spacial score (nSPS) is 13.4. The van der Waals surface area contributed by atoms with Crippen molar-refractivity contribution in [2.75, 3.05) is 42.1 Å². The molecular weight excluding hydrogens is 512 g/mol. The van der Waals surface area contributed by atoms with Gasteiger partial charge in [-0.15, -0.1) is 10.2 Å². The van der Waals surface area contributed by atoms with Crippen LogP contribution in [0.5, 0.6) is 0 Å². The smallest absolute Gasteiger partial charge is 0.277 e. The molecule has 1 aromatic heterocycles. The fraction of sp³-hybridized carbons (Fsp3) is 0.185. The highest BCUT2D eigenvalue weighted by molar-refractivity contribution is 7.99. The van der Waals surface area contributed by atoms with Crippen molar-refractivity contribution in [3.05, 3.63) is 90.0 Å². The third-order valence-electron chi connectivity index (χ3n) is 6.01. The van der Waals surface area contributed by atoms with E-state index in [0.29, 0.717) is 37.4 Å². The predicted molar refractivity (Wildman–Crippen MR) is 140 cm³/mol. The Kier molecular flexibility index (Phi) is 7.64. The molecule has 194 valence electrons. The molecule has 4 aromatic rings. The van der Waals surface area contributed by atoms with E-state index in [2.05, 4.69) is 20.4 Å². The van der Waals surface area contributed by atoms with Crippen molar-refractivity contribution in [1.29, 1.82) is 0 Å². The van der Waals surface area contributed by atoms with Gasteiger partial charge in [-0.05, 0) is 60.7 Å². The van der Waals surface area contributed by atoms with Crippen LogP contribution >= 0.6 is 11.8 Å². The summed E-state index contributed by atoms with van der Waals surface area (Å²) in [6.07, 6.45) is 0. The number of piperazine rings is 1. The molecule has 0 saturated carbocycles. The van der Waals surface area contributed by atoms with E-state index in [4.69, 9.17) is 4.42 Å². The molecule has 1 fully saturated rings. The van der Waals surface area contributed by atoms with Crippen LogP contribution in [0.1, 0.15) is 10.4 Å². The monoisotopic (exact) mass is 535 g/mol. The number of aromatic nitrogens is 2. The van der Waals surface area contributed by atoms with Crippen LogP contribution in [0.25, 0.3) is 11.5 Å². The number of hydrogen-bond donors (Lipinski definition) is 1. The number of thioether (sulfide) groups is 1. The second-order valence-corrected chi connectivity index (χ2v) is 9.45. The van der Waals surface area contributed by atoms with Gasteiger partial charge in [0.05, 0.1) is 11.3 Å². The van der Waals surface area contributed by atoms with E-state index in [1.165, 1.54) is 24.3 Å². The fourth-order valence-electron chi connectivity index (χ4n) is 4.03. The number of anilines is 2. The van der Waals surface area contributed by atoms with E-state index >= 15 is 0 Å². The van der Waals surface area contributed by atoms with Crippen molar-refractivity contribution in [2.45, 2.75) is 5.22 Å². The first kappa shape index (κ1) is 25.4. The molecule has 3 aromatic carbocycles. The van der Waals surface area contributed by atoms with Crippen molar-refractivity contribution in [1.82, 2.24) is 15.1 Å². The van der Waals surface area contributed by atoms with Crippen LogP contribution in [-0.4, -0.2) is 58.8 Å². The fourth-order valence-corrected chi connectivity index (χ4v) is 4.59. The minimum Gasteiger partial charge on any atom is -0.411 e. The van der Waals surface area contributed by atoms with Crippen molar-refractivity contribution < 1.29 is 22.8 Å². The molecule has 0 radical (unpaired) electrons. The summed E-state index contributed by atoms with van der Waals surface area (Å²) in [6.45, 7) is 2.21. The minimum absolute atomic E-state index is 0.0742. The maximum atomic E-state index is 14.0. The standard InChI is InChI=1S/C27H23F2N5O3S/c28-19-7-5-18(6-8-19)25-31-32-27(37-25)38-17-24(35)30-20-9-11-21(12-10-20)33-13-15-34(16-14-33)26(36)22-3-1-2-4-23(22)29/h1-12H,13-17H2,(H,30,35). The summed E-state index contributed by atoms with van der Waals surface area (Å²) in [7, 11) is 0. The molecule has 2 amide bonds.